The van der Waals surface area contributed by atoms with E-state index in [1.165, 1.54) is 44.9 Å². The average Bonchev–Trinajstić information content (AvgIpc) is 2.39. The molecular formula is C16H28O. The lowest BCUT2D eigenvalue weighted by Gasteiger charge is -2.37. The molecule has 0 aromatic heterocycles. The van der Waals surface area contributed by atoms with E-state index in [1.54, 1.807) is 0 Å². The van der Waals surface area contributed by atoms with Crippen molar-refractivity contribution in [3.63, 3.8) is 0 Å². The fourth-order valence-electron chi connectivity index (χ4n) is 3.97. The Labute approximate surface area is 106 Å². The van der Waals surface area contributed by atoms with Crippen LogP contribution in [-0.4, -0.2) is 5.78 Å². The lowest BCUT2D eigenvalue weighted by atomic mass is 9.67. The standard InChI is InChI=1S/C16H28O/c1-3-12-5-8-14(9-6-12)15-11-13(4-2)7-10-16(15)17/h12-15H,3-11H2,1-2H3. The molecule has 1 nitrogen and oxygen atoms in total. The Hall–Kier alpha value is -0.330. The summed E-state index contributed by atoms with van der Waals surface area (Å²) in [5, 5.41) is 0. The van der Waals surface area contributed by atoms with Crippen molar-refractivity contribution in [2.75, 3.05) is 0 Å². The van der Waals surface area contributed by atoms with Crippen LogP contribution in [0.5, 0.6) is 0 Å². The van der Waals surface area contributed by atoms with Crippen molar-refractivity contribution in [1.82, 2.24) is 0 Å². The second-order valence-corrected chi connectivity index (χ2v) is 6.31. The maximum Gasteiger partial charge on any atom is 0.136 e. The number of carbonyl (C=O) groups excluding carboxylic acids is 1. The highest BCUT2D eigenvalue weighted by molar-refractivity contribution is 5.82. The van der Waals surface area contributed by atoms with Gasteiger partial charge in [0.1, 0.15) is 5.78 Å². The summed E-state index contributed by atoms with van der Waals surface area (Å²) in [6, 6.07) is 0. The number of hydrogen-bond donors (Lipinski definition) is 0. The number of hydrogen-bond acceptors (Lipinski definition) is 1. The molecule has 0 N–H and O–H groups in total. The van der Waals surface area contributed by atoms with E-state index in [9.17, 15) is 4.79 Å². The molecule has 0 aromatic rings. The molecule has 2 fully saturated rings. The molecule has 0 heterocycles. The summed E-state index contributed by atoms with van der Waals surface area (Å²) in [6.07, 6.45) is 11.3. The summed E-state index contributed by atoms with van der Waals surface area (Å²) in [6.45, 7) is 4.59. The molecule has 2 unspecified atom stereocenters. The largest absolute Gasteiger partial charge is 0.299 e. The van der Waals surface area contributed by atoms with Gasteiger partial charge >= 0.3 is 0 Å². The second kappa shape index (κ2) is 6.02. The number of carbonyl (C=O) groups is 1. The summed E-state index contributed by atoms with van der Waals surface area (Å²) in [4.78, 5) is 12.1. The third-order valence-electron chi connectivity index (χ3n) is 5.41. The molecule has 17 heavy (non-hydrogen) atoms. The summed E-state index contributed by atoms with van der Waals surface area (Å²) in [7, 11) is 0. The summed E-state index contributed by atoms with van der Waals surface area (Å²) in [5.74, 6) is 3.55. The minimum atomic E-state index is 0.437. The van der Waals surface area contributed by atoms with Crippen LogP contribution in [0, 0.1) is 23.7 Å². The summed E-state index contributed by atoms with van der Waals surface area (Å²) in [5.41, 5.74) is 0. The van der Waals surface area contributed by atoms with Gasteiger partial charge in [0.25, 0.3) is 0 Å². The van der Waals surface area contributed by atoms with E-state index < -0.39 is 0 Å². The van der Waals surface area contributed by atoms with E-state index in [1.807, 2.05) is 0 Å². The van der Waals surface area contributed by atoms with Gasteiger partial charge in [-0.1, -0.05) is 39.5 Å². The van der Waals surface area contributed by atoms with Crippen molar-refractivity contribution in [2.24, 2.45) is 23.7 Å². The van der Waals surface area contributed by atoms with Crippen LogP contribution in [0.4, 0.5) is 0 Å². The van der Waals surface area contributed by atoms with Crippen molar-refractivity contribution in [1.29, 1.82) is 0 Å². The van der Waals surface area contributed by atoms with E-state index in [2.05, 4.69) is 13.8 Å². The lowest BCUT2D eigenvalue weighted by Crippen LogP contribution is -2.33. The highest BCUT2D eigenvalue weighted by Gasteiger charge is 2.35. The Morgan fingerprint density at radius 3 is 2.18 bits per heavy atom. The van der Waals surface area contributed by atoms with Crippen molar-refractivity contribution in [2.45, 2.75) is 71.6 Å². The Bertz CT molecular complexity index is 250. The molecule has 0 radical (unpaired) electrons. The van der Waals surface area contributed by atoms with Crippen LogP contribution in [0.2, 0.25) is 0 Å². The van der Waals surface area contributed by atoms with Gasteiger partial charge in [-0.15, -0.1) is 0 Å². The van der Waals surface area contributed by atoms with E-state index in [0.29, 0.717) is 11.7 Å². The first kappa shape index (κ1) is 13.1. The van der Waals surface area contributed by atoms with Crippen LogP contribution in [0.1, 0.15) is 71.6 Å². The molecule has 2 rings (SSSR count). The zero-order valence-corrected chi connectivity index (χ0v) is 11.6. The molecule has 0 amide bonds. The molecule has 2 aliphatic carbocycles. The van der Waals surface area contributed by atoms with Gasteiger partial charge in [0.2, 0.25) is 0 Å². The van der Waals surface area contributed by atoms with E-state index in [-0.39, 0.29) is 0 Å². The van der Waals surface area contributed by atoms with Crippen molar-refractivity contribution >= 4 is 5.78 Å². The van der Waals surface area contributed by atoms with Gasteiger partial charge in [0, 0.05) is 12.3 Å². The Morgan fingerprint density at radius 1 is 0.941 bits per heavy atom. The molecule has 2 saturated carbocycles. The topological polar surface area (TPSA) is 17.1 Å². The predicted octanol–water partition coefficient (Wildman–Crippen LogP) is 4.60. The van der Waals surface area contributed by atoms with Gasteiger partial charge in [0.05, 0.1) is 0 Å². The minimum absolute atomic E-state index is 0.437. The number of rotatable bonds is 3. The average molecular weight is 236 g/mol. The van der Waals surface area contributed by atoms with Crippen molar-refractivity contribution in [3.05, 3.63) is 0 Å². The SMILES string of the molecule is CCC1CCC(C2CC(CC)CCC2=O)CC1. The van der Waals surface area contributed by atoms with Gasteiger partial charge in [-0.05, 0) is 43.4 Å². The minimum Gasteiger partial charge on any atom is -0.299 e. The molecule has 0 saturated heterocycles. The third kappa shape index (κ3) is 3.11. The van der Waals surface area contributed by atoms with Gasteiger partial charge in [0.15, 0.2) is 0 Å². The molecule has 0 spiro atoms. The zero-order valence-electron chi connectivity index (χ0n) is 11.6. The quantitative estimate of drug-likeness (QED) is 0.700. The van der Waals surface area contributed by atoms with Gasteiger partial charge in [-0.25, -0.2) is 0 Å². The van der Waals surface area contributed by atoms with Crippen molar-refractivity contribution in [3.8, 4) is 0 Å². The molecule has 0 aliphatic heterocycles. The summed E-state index contributed by atoms with van der Waals surface area (Å²) < 4.78 is 0. The maximum absolute atomic E-state index is 12.1. The Morgan fingerprint density at radius 2 is 1.59 bits per heavy atom. The first-order valence-corrected chi connectivity index (χ1v) is 7.77. The van der Waals surface area contributed by atoms with Crippen molar-refractivity contribution < 1.29 is 4.79 Å². The maximum atomic E-state index is 12.1. The van der Waals surface area contributed by atoms with Crippen LogP contribution in [0.3, 0.4) is 0 Å². The van der Waals surface area contributed by atoms with E-state index in [0.717, 1.165) is 30.6 Å². The van der Waals surface area contributed by atoms with Crippen LogP contribution in [0.25, 0.3) is 0 Å². The van der Waals surface area contributed by atoms with Crippen LogP contribution in [0.15, 0.2) is 0 Å². The molecule has 0 bridgehead atoms. The second-order valence-electron chi connectivity index (χ2n) is 6.31. The normalized spacial score (nSPS) is 39.3. The third-order valence-corrected chi connectivity index (χ3v) is 5.41. The smallest absolute Gasteiger partial charge is 0.136 e. The van der Waals surface area contributed by atoms with Crippen LogP contribution >= 0.6 is 0 Å². The first-order valence-electron chi connectivity index (χ1n) is 7.77. The molecular weight excluding hydrogens is 208 g/mol. The van der Waals surface area contributed by atoms with Crippen LogP contribution in [-0.2, 0) is 4.79 Å². The Kier molecular flexibility index (Phi) is 4.64. The highest BCUT2D eigenvalue weighted by atomic mass is 16.1. The van der Waals surface area contributed by atoms with Gasteiger partial charge in [-0.2, -0.15) is 0 Å². The summed E-state index contributed by atoms with van der Waals surface area (Å²) >= 11 is 0. The van der Waals surface area contributed by atoms with E-state index >= 15 is 0 Å². The molecule has 2 atom stereocenters. The Balaban J connectivity index is 1.90. The molecule has 0 aromatic carbocycles. The monoisotopic (exact) mass is 236 g/mol. The number of Topliss-reactive ketones (excluding diaryl/α,β-unsaturated/α-hetero) is 1. The number of ketones is 1. The predicted molar refractivity (Wildman–Crippen MR) is 71.9 cm³/mol. The fourth-order valence-corrected chi connectivity index (χ4v) is 3.97. The highest BCUT2D eigenvalue weighted by Crippen LogP contribution is 2.41. The molecule has 98 valence electrons. The van der Waals surface area contributed by atoms with Gasteiger partial charge in [-0.3, -0.25) is 4.79 Å². The van der Waals surface area contributed by atoms with E-state index in [4.69, 9.17) is 0 Å². The first-order chi connectivity index (χ1) is 8.24. The van der Waals surface area contributed by atoms with Crippen LogP contribution < -0.4 is 0 Å². The zero-order chi connectivity index (χ0) is 12.3. The lowest BCUT2D eigenvalue weighted by molar-refractivity contribution is -0.128. The molecule has 1 heteroatoms. The van der Waals surface area contributed by atoms with Gasteiger partial charge < -0.3 is 0 Å². The fraction of sp³-hybridized carbons (Fsp3) is 0.938. The molecule has 2 aliphatic rings.